The van der Waals surface area contributed by atoms with Gasteiger partial charge in [0, 0.05) is 39.8 Å². The van der Waals surface area contributed by atoms with Crippen molar-refractivity contribution in [2.45, 2.75) is 0 Å². The zero-order valence-electron chi connectivity index (χ0n) is 14.4. The first kappa shape index (κ1) is 19.0. The number of rotatable bonds is 3. The van der Waals surface area contributed by atoms with Crippen molar-refractivity contribution in [2.75, 3.05) is 0 Å². The Kier molecular flexibility index (Phi) is 4.53. The summed E-state index contributed by atoms with van der Waals surface area (Å²) in [5.41, 5.74) is 0.312. The number of aromatic hydroxyl groups is 1. The van der Waals surface area contributed by atoms with Crippen molar-refractivity contribution >= 4 is 46.4 Å². The van der Waals surface area contributed by atoms with Crippen LogP contribution in [-0.4, -0.2) is 22.5 Å². The number of halogens is 2. The van der Waals surface area contributed by atoms with E-state index in [-0.39, 0.29) is 49.3 Å². The summed E-state index contributed by atoms with van der Waals surface area (Å²) in [6.45, 7) is 0. The molecule has 29 heavy (non-hydrogen) atoms. The summed E-state index contributed by atoms with van der Waals surface area (Å²) in [6.07, 6.45) is 0.475. The van der Waals surface area contributed by atoms with Crippen LogP contribution in [0.1, 0.15) is 20.7 Å². The topological polar surface area (TPSA) is 105 Å². The molecule has 144 valence electrons. The van der Waals surface area contributed by atoms with Crippen LogP contribution in [0, 0.1) is 0 Å². The third-order valence-electron chi connectivity index (χ3n) is 4.51. The van der Waals surface area contributed by atoms with E-state index in [1.165, 1.54) is 42.5 Å². The number of phenols is 1. The number of carboxylic acids is 1. The Morgan fingerprint density at radius 2 is 1.79 bits per heavy atom. The number of benzene rings is 3. The van der Waals surface area contributed by atoms with E-state index in [9.17, 15) is 24.6 Å². The summed E-state index contributed by atoms with van der Waals surface area (Å²) in [6, 6.07) is 9.45. The fourth-order valence-corrected chi connectivity index (χ4v) is 3.88. The molecule has 2 aromatic rings. The quantitative estimate of drug-likeness (QED) is 0.347. The molecule has 0 spiro atoms. The average Bonchev–Trinajstić information content (AvgIpc) is 2.67. The van der Waals surface area contributed by atoms with Gasteiger partial charge in [0.25, 0.3) is 0 Å². The minimum absolute atomic E-state index is 0.0120. The summed E-state index contributed by atoms with van der Waals surface area (Å²) in [5, 5.41) is 19.8. The number of carboxylic acid groups (broad SMARTS) is 1. The van der Waals surface area contributed by atoms with Crippen molar-refractivity contribution in [1.82, 2.24) is 0 Å². The smallest absolute Gasteiger partial charge is 0.337 e. The molecule has 8 heteroatoms. The molecule has 1 heterocycles. The Bertz CT molecular complexity index is 1360. The molecule has 0 saturated heterocycles. The van der Waals surface area contributed by atoms with Crippen molar-refractivity contribution < 1.29 is 24.2 Å². The first-order valence-electron chi connectivity index (χ1n) is 8.22. The summed E-state index contributed by atoms with van der Waals surface area (Å²) in [5.74, 6) is -1.27. The van der Waals surface area contributed by atoms with Crippen molar-refractivity contribution in [2.24, 2.45) is 0 Å². The molecule has 0 fully saturated rings. The first-order chi connectivity index (χ1) is 13.8. The molecule has 4 rings (SSSR count). The largest absolute Gasteiger partial charge is 0.508 e. The van der Waals surface area contributed by atoms with Gasteiger partial charge in [-0.1, -0.05) is 23.2 Å². The molecule has 2 aliphatic rings. The van der Waals surface area contributed by atoms with Gasteiger partial charge in [0.2, 0.25) is 0 Å². The number of hydrogen-bond donors (Lipinski definition) is 2. The number of hydrogen-bond acceptors (Lipinski definition) is 5. The fraction of sp³-hybridized carbons (Fsp3) is 0. The van der Waals surface area contributed by atoms with Crippen LogP contribution in [0.25, 0.3) is 33.4 Å². The van der Waals surface area contributed by atoms with Crippen molar-refractivity contribution in [3.05, 3.63) is 73.9 Å². The number of carbonyl (C=O) groups is 2. The van der Waals surface area contributed by atoms with E-state index < -0.39 is 5.97 Å². The van der Waals surface area contributed by atoms with Gasteiger partial charge in [-0.2, -0.15) is 0 Å². The predicted octanol–water partition coefficient (Wildman–Crippen LogP) is 5.09. The van der Waals surface area contributed by atoms with Gasteiger partial charge in [-0.3, -0.25) is 9.59 Å². The SMILES string of the molecule is O=Cc1cc(Cl)c(C(=O)O)c(-c2c3ccc(=O)cc-3oc3cc(O)ccc23)c1Cl. The van der Waals surface area contributed by atoms with Crippen molar-refractivity contribution in [1.29, 1.82) is 0 Å². The Morgan fingerprint density at radius 1 is 1.03 bits per heavy atom. The average molecular weight is 429 g/mol. The van der Waals surface area contributed by atoms with Gasteiger partial charge in [-0.05, 0) is 30.3 Å². The van der Waals surface area contributed by atoms with Gasteiger partial charge in [0.1, 0.15) is 17.1 Å². The highest BCUT2D eigenvalue weighted by molar-refractivity contribution is 6.40. The lowest BCUT2D eigenvalue weighted by atomic mass is 9.89. The van der Waals surface area contributed by atoms with Gasteiger partial charge < -0.3 is 14.6 Å². The minimum atomic E-state index is -1.34. The van der Waals surface area contributed by atoms with E-state index in [1.54, 1.807) is 0 Å². The van der Waals surface area contributed by atoms with Crippen LogP contribution in [0.3, 0.4) is 0 Å². The summed E-state index contributed by atoms with van der Waals surface area (Å²) in [4.78, 5) is 35.3. The fourth-order valence-electron chi connectivity index (χ4n) is 3.30. The standard InChI is InChI=1S/C21H10Cl2O6/c22-14-5-9(8-24)20(23)19(18(14)21(27)28)17-12-3-1-10(25)6-15(12)29-16-7-11(26)2-4-13(16)17/h1-8,25H,(H,27,28). The van der Waals surface area contributed by atoms with Crippen LogP contribution in [0.4, 0.5) is 0 Å². The highest BCUT2D eigenvalue weighted by atomic mass is 35.5. The van der Waals surface area contributed by atoms with Crippen LogP contribution in [0.5, 0.6) is 5.75 Å². The molecule has 0 atom stereocenters. The van der Waals surface area contributed by atoms with Gasteiger partial charge in [0.15, 0.2) is 11.7 Å². The monoisotopic (exact) mass is 428 g/mol. The summed E-state index contributed by atoms with van der Waals surface area (Å²) < 4.78 is 5.74. The zero-order valence-corrected chi connectivity index (χ0v) is 15.9. The number of aromatic carboxylic acids is 1. The molecule has 6 nitrogen and oxygen atoms in total. The van der Waals surface area contributed by atoms with Crippen LogP contribution in [0.2, 0.25) is 10.0 Å². The molecule has 2 aromatic carbocycles. The number of aldehydes is 1. The number of phenolic OH excluding ortho intramolecular Hbond substituents is 1. The number of carbonyl (C=O) groups excluding carboxylic acids is 1. The van der Waals surface area contributed by atoms with E-state index in [4.69, 9.17) is 27.6 Å². The summed E-state index contributed by atoms with van der Waals surface area (Å²) in [7, 11) is 0. The Balaban J connectivity index is 2.31. The lowest BCUT2D eigenvalue weighted by Crippen LogP contribution is -2.06. The summed E-state index contributed by atoms with van der Waals surface area (Å²) >= 11 is 12.6. The van der Waals surface area contributed by atoms with Crippen LogP contribution >= 0.6 is 23.2 Å². The maximum absolute atomic E-state index is 12.0. The van der Waals surface area contributed by atoms with Gasteiger partial charge in [-0.15, -0.1) is 0 Å². The molecule has 1 aliphatic carbocycles. The second-order valence-electron chi connectivity index (χ2n) is 6.25. The molecule has 0 aromatic heterocycles. The molecule has 0 saturated carbocycles. The molecule has 2 N–H and O–H groups in total. The van der Waals surface area contributed by atoms with E-state index >= 15 is 0 Å². The molecular weight excluding hydrogens is 419 g/mol. The van der Waals surface area contributed by atoms with Crippen molar-refractivity contribution in [3.8, 4) is 28.2 Å². The highest BCUT2D eigenvalue weighted by Crippen LogP contribution is 2.46. The maximum atomic E-state index is 12.0. The molecule has 0 unspecified atom stereocenters. The molecule has 0 amide bonds. The predicted molar refractivity (Wildman–Crippen MR) is 109 cm³/mol. The van der Waals surface area contributed by atoms with E-state index in [0.717, 1.165) is 0 Å². The molecular formula is C21H10Cl2O6. The molecule has 0 radical (unpaired) electrons. The second kappa shape index (κ2) is 6.92. The lowest BCUT2D eigenvalue weighted by molar-refractivity contribution is 0.0697. The maximum Gasteiger partial charge on any atom is 0.337 e. The third kappa shape index (κ3) is 3.03. The normalized spacial score (nSPS) is 11.1. The van der Waals surface area contributed by atoms with Gasteiger partial charge in [0.05, 0.1) is 15.6 Å². The van der Waals surface area contributed by atoms with Crippen LogP contribution < -0.4 is 5.43 Å². The Morgan fingerprint density at radius 3 is 2.48 bits per heavy atom. The van der Waals surface area contributed by atoms with Crippen LogP contribution in [0.15, 0.2) is 51.7 Å². The lowest BCUT2D eigenvalue weighted by Gasteiger charge is -2.19. The van der Waals surface area contributed by atoms with E-state index in [1.807, 2.05) is 0 Å². The third-order valence-corrected chi connectivity index (χ3v) is 5.22. The highest BCUT2D eigenvalue weighted by Gasteiger charge is 2.27. The van der Waals surface area contributed by atoms with E-state index in [0.29, 0.717) is 22.8 Å². The van der Waals surface area contributed by atoms with Gasteiger partial charge in [-0.25, -0.2) is 4.79 Å². The van der Waals surface area contributed by atoms with E-state index in [2.05, 4.69) is 0 Å². The Hall–Kier alpha value is -3.35. The molecule has 0 bridgehead atoms. The minimum Gasteiger partial charge on any atom is -0.508 e. The van der Waals surface area contributed by atoms with Crippen molar-refractivity contribution in [3.63, 3.8) is 0 Å². The zero-order chi connectivity index (χ0) is 20.9. The number of fused-ring (bicyclic) bond motifs is 2. The Labute approximate surface area is 172 Å². The first-order valence-corrected chi connectivity index (χ1v) is 8.98. The molecule has 1 aliphatic heterocycles. The van der Waals surface area contributed by atoms with Gasteiger partial charge >= 0.3 is 5.97 Å². The second-order valence-corrected chi connectivity index (χ2v) is 7.04. The van der Waals surface area contributed by atoms with Crippen LogP contribution in [-0.2, 0) is 0 Å².